The van der Waals surface area contributed by atoms with Gasteiger partial charge in [-0.3, -0.25) is 14.9 Å². The Bertz CT molecular complexity index is 621. The molecule has 22 heavy (non-hydrogen) atoms. The van der Waals surface area contributed by atoms with Crippen LogP contribution in [0.2, 0.25) is 0 Å². The number of aromatic nitrogens is 1. The zero-order valence-corrected chi connectivity index (χ0v) is 13.5. The highest BCUT2D eigenvalue weighted by atomic mass is 16.2. The first-order chi connectivity index (χ1) is 10.3. The summed E-state index contributed by atoms with van der Waals surface area (Å²) in [6.07, 6.45) is 3.71. The van der Waals surface area contributed by atoms with Crippen LogP contribution in [0.1, 0.15) is 45.6 Å². The second-order valence-electron chi connectivity index (χ2n) is 7.48. The molecule has 5 heteroatoms. The number of imide groups is 1. The smallest absolute Gasteiger partial charge is 0.234 e. The lowest BCUT2D eigenvalue weighted by Gasteiger charge is -2.31. The third-order valence-corrected chi connectivity index (χ3v) is 4.85. The topological polar surface area (TPSA) is 62.3 Å². The van der Waals surface area contributed by atoms with E-state index in [1.54, 1.807) is 0 Å². The van der Waals surface area contributed by atoms with E-state index in [9.17, 15) is 9.59 Å². The van der Waals surface area contributed by atoms with Crippen molar-refractivity contribution >= 4 is 17.6 Å². The molecule has 3 rings (SSSR count). The highest BCUT2D eigenvalue weighted by Gasteiger charge is 2.47. The highest BCUT2D eigenvalue weighted by molar-refractivity contribution is 6.01. The van der Waals surface area contributed by atoms with Crippen LogP contribution in [0, 0.1) is 5.41 Å². The molecule has 0 aliphatic carbocycles. The SMILES string of the molecule is CC(C)(C)c1ccnc(N2CCC3(CCC(=O)NC3=O)C2)c1. The summed E-state index contributed by atoms with van der Waals surface area (Å²) in [5.41, 5.74) is 0.888. The van der Waals surface area contributed by atoms with Gasteiger partial charge in [-0.1, -0.05) is 20.8 Å². The van der Waals surface area contributed by atoms with Gasteiger partial charge < -0.3 is 4.90 Å². The number of carbonyl (C=O) groups excluding carboxylic acids is 2. The molecule has 3 heterocycles. The first kappa shape index (κ1) is 15.0. The molecule has 1 unspecified atom stereocenters. The molecule has 1 atom stereocenters. The number of carbonyl (C=O) groups is 2. The highest BCUT2D eigenvalue weighted by Crippen LogP contribution is 2.39. The summed E-state index contributed by atoms with van der Waals surface area (Å²) in [5.74, 6) is 0.661. The Hall–Kier alpha value is -1.91. The Morgan fingerprint density at radius 3 is 2.73 bits per heavy atom. The minimum Gasteiger partial charge on any atom is -0.355 e. The van der Waals surface area contributed by atoms with Crippen LogP contribution in [0.5, 0.6) is 0 Å². The van der Waals surface area contributed by atoms with Crippen LogP contribution in [0.25, 0.3) is 0 Å². The van der Waals surface area contributed by atoms with Crippen molar-refractivity contribution in [2.75, 3.05) is 18.0 Å². The van der Waals surface area contributed by atoms with E-state index in [0.29, 0.717) is 19.4 Å². The fraction of sp³-hybridized carbons (Fsp3) is 0.588. The second kappa shape index (κ2) is 5.07. The molecule has 0 radical (unpaired) electrons. The van der Waals surface area contributed by atoms with Crippen molar-refractivity contribution in [3.05, 3.63) is 23.9 Å². The molecule has 2 aliphatic rings. The Morgan fingerprint density at radius 1 is 1.27 bits per heavy atom. The Kier molecular flexibility index (Phi) is 3.46. The molecule has 5 nitrogen and oxygen atoms in total. The number of hydrogen-bond donors (Lipinski definition) is 1. The van der Waals surface area contributed by atoms with Gasteiger partial charge in [-0.25, -0.2) is 4.98 Å². The van der Waals surface area contributed by atoms with Crippen molar-refractivity contribution in [2.45, 2.75) is 45.4 Å². The van der Waals surface area contributed by atoms with Crippen LogP contribution < -0.4 is 10.2 Å². The average Bonchev–Trinajstić information content (AvgIpc) is 2.89. The Labute approximate surface area is 131 Å². The van der Waals surface area contributed by atoms with Crippen molar-refractivity contribution in [3.8, 4) is 0 Å². The molecule has 1 N–H and O–H groups in total. The molecule has 0 saturated carbocycles. The molecule has 1 spiro atoms. The van der Waals surface area contributed by atoms with E-state index < -0.39 is 5.41 Å². The number of nitrogens with one attached hydrogen (secondary N) is 1. The summed E-state index contributed by atoms with van der Waals surface area (Å²) >= 11 is 0. The lowest BCUT2D eigenvalue weighted by Crippen LogP contribution is -2.50. The van der Waals surface area contributed by atoms with E-state index in [1.165, 1.54) is 5.56 Å². The second-order valence-corrected chi connectivity index (χ2v) is 7.48. The number of nitrogens with zero attached hydrogens (tertiary/aromatic N) is 2. The summed E-state index contributed by atoms with van der Waals surface area (Å²) in [6, 6.07) is 4.16. The van der Waals surface area contributed by atoms with Gasteiger partial charge >= 0.3 is 0 Å². The first-order valence-electron chi connectivity index (χ1n) is 7.86. The summed E-state index contributed by atoms with van der Waals surface area (Å²) in [4.78, 5) is 30.3. The van der Waals surface area contributed by atoms with Gasteiger partial charge in [0.2, 0.25) is 11.8 Å². The van der Waals surface area contributed by atoms with E-state index in [4.69, 9.17) is 0 Å². The third-order valence-electron chi connectivity index (χ3n) is 4.85. The summed E-state index contributed by atoms with van der Waals surface area (Å²) in [7, 11) is 0. The monoisotopic (exact) mass is 301 g/mol. The fourth-order valence-corrected chi connectivity index (χ4v) is 3.30. The molecule has 118 valence electrons. The fourth-order valence-electron chi connectivity index (χ4n) is 3.30. The van der Waals surface area contributed by atoms with Crippen LogP contribution >= 0.6 is 0 Å². The quantitative estimate of drug-likeness (QED) is 0.806. The number of rotatable bonds is 1. The number of piperidine rings is 1. The molecule has 1 aromatic heterocycles. The molecule has 2 fully saturated rings. The number of anilines is 1. The zero-order valence-electron chi connectivity index (χ0n) is 13.5. The van der Waals surface area contributed by atoms with E-state index >= 15 is 0 Å². The molecule has 2 saturated heterocycles. The van der Waals surface area contributed by atoms with Gasteiger partial charge in [0.15, 0.2) is 0 Å². The van der Waals surface area contributed by atoms with E-state index in [0.717, 1.165) is 18.8 Å². The van der Waals surface area contributed by atoms with Crippen LogP contribution in [0.4, 0.5) is 5.82 Å². The molecule has 0 aromatic carbocycles. The van der Waals surface area contributed by atoms with E-state index in [1.807, 2.05) is 12.3 Å². The summed E-state index contributed by atoms with van der Waals surface area (Å²) < 4.78 is 0. The van der Waals surface area contributed by atoms with Crippen molar-refractivity contribution in [3.63, 3.8) is 0 Å². The standard InChI is InChI=1S/C17H23N3O2/c1-16(2,3)12-5-8-18-13(10-12)20-9-7-17(11-20)6-4-14(21)19-15(17)22/h5,8,10H,4,6-7,9,11H2,1-3H3,(H,19,21,22). The molecule has 2 amide bonds. The number of amides is 2. The normalized spacial score (nSPS) is 25.7. The van der Waals surface area contributed by atoms with Gasteiger partial charge in [-0.2, -0.15) is 0 Å². The summed E-state index contributed by atoms with van der Waals surface area (Å²) in [6.45, 7) is 7.99. The Balaban J connectivity index is 1.81. The van der Waals surface area contributed by atoms with Gasteiger partial charge in [0, 0.05) is 25.7 Å². The largest absolute Gasteiger partial charge is 0.355 e. The predicted octanol–water partition coefficient (Wildman–Crippen LogP) is 2.01. The molecule has 2 aliphatic heterocycles. The van der Waals surface area contributed by atoms with Crippen molar-refractivity contribution in [2.24, 2.45) is 5.41 Å². The van der Waals surface area contributed by atoms with E-state index in [-0.39, 0.29) is 17.2 Å². The van der Waals surface area contributed by atoms with E-state index in [2.05, 4.69) is 42.0 Å². The molecule has 0 bridgehead atoms. The molecular formula is C17H23N3O2. The van der Waals surface area contributed by atoms with Crippen LogP contribution in [0.3, 0.4) is 0 Å². The van der Waals surface area contributed by atoms with Gasteiger partial charge in [-0.15, -0.1) is 0 Å². The maximum absolute atomic E-state index is 12.3. The van der Waals surface area contributed by atoms with Crippen molar-refractivity contribution in [1.29, 1.82) is 0 Å². The van der Waals surface area contributed by atoms with Crippen LogP contribution in [-0.4, -0.2) is 29.9 Å². The Morgan fingerprint density at radius 2 is 2.05 bits per heavy atom. The number of pyridine rings is 1. The van der Waals surface area contributed by atoms with Crippen LogP contribution in [0.15, 0.2) is 18.3 Å². The maximum Gasteiger partial charge on any atom is 0.234 e. The van der Waals surface area contributed by atoms with Crippen molar-refractivity contribution in [1.82, 2.24) is 10.3 Å². The molecule has 1 aromatic rings. The predicted molar refractivity (Wildman–Crippen MR) is 84.6 cm³/mol. The number of hydrogen-bond acceptors (Lipinski definition) is 4. The van der Waals surface area contributed by atoms with Crippen molar-refractivity contribution < 1.29 is 9.59 Å². The molecular weight excluding hydrogens is 278 g/mol. The summed E-state index contributed by atoms with van der Waals surface area (Å²) in [5, 5.41) is 2.49. The zero-order chi connectivity index (χ0) is 16.0. The van der Waals surface area contributed by atoms with Gasteiger partial charge in [0.25, 0.3) is 0 Å². The van der Waals surface area contributed by atoms with Gasteiger partial charge in [0.1, 0.15) is 5.82 Å². The lowest BCUT2D eigenvalue weighted by molar-refractivity contribution is -0.140. The van der Waals surface area contributed by atoms with Crippen LogP contribution in [-0.2, 0) is 15.0 Å². The average molecular weight is 301 g/mol. The third kappa shape index (κ3) is 2.60. The minimum atomic E-state index is -0.423. The maximum atomic E-state index is 12.3. The van der Waals surface area contributed by atoms with Gasteiger partial charge in [0.05, 0.1) is 5.41 Å². The minimum absolute atomic E-state index is 0.0731. The lowest BCUT2D eigenvalue weighted by atomic mass is 9.79. The first-order valence-corrected chi connectivity index (χ1v) is 7.86. The van der Waals surface area contributed by atoms with Gasteiger partial charge in [-0.05, 0) is 36.0 Å².